The molecule has 10 aromatic carbocycles. The highest BCUT2D eigenvalue weighted by Gasteiger charge is 2.50. The van der Waals surface area contributed by atoms with Gasteiger partial charge in [0.25, 0.3) is 0 Å². The lowest BCUT2D eigenvalue weighted by atomic mass is 9.73. The van der Waals surface area contributed by atoms with Crippen LogP contribution in [0.25, 0.3) is 43.1 Å². The Kier molecular flexibility index (Phi) is 12.1. The molecule has 0 amide bonds. The first-order valence-corrected chi connectivity index (χ1v) is 29.5. The Morgan fingerprint density at radius 1 is 0.386 bits per heavy atom. The summed E-state index contributed by atoms with van der Waals surface area (Å²) in [6.07, 6.45) is 15.6. The van der Waals surface area contributed by atoms with E-state index in [1.807, 2.05) is 0 Å². The van der Waals surface area contributed by atoms with Crippen LogP contribution in [0.3, 0.4) is 0 Å². The van der Waals surface area contributed by atoms with Gasteiger partial charge in [-0.25, -0.2) is 0 Å². The molecule has 4 aliphatic rings. The summed E-state index contributed by atoms with van der Waals surface area (Å²) in [5.74, 6) is 1.64. The average molecular weight is 1080 g/mol. The molecule has 4 aliphatic heterocycles. The number of hydrogen-bond donors (Lipinski definition) is 0. The van der Waals surface area contributed by atoms with Crippen molar-refractivity contribution in [3.8, 4) is 11.5 Å². The molecule has 0 N–H and O–H groups in total. The van der Waals surface area contributed by atoms with E-state index in [1.165, 1.54) is 122 Å². The second kappa shape index (κ2) is 19.3. The van der Waals surface area contributed by atoms with Crippen molar-refractivity contribution in [2.45, 2.75) is 76.0 Å². The number of ether oxygens (including phenoxy) is 1. The van der Waals surface area contributed by atoms with Gasteiger partial charge < -0.3 is 14.5 Å². The van der Waals surface area contributed by atoms with Crippen molar-refractivity contribution in [3.05, 3.63) is 275 Å². The van der Waals surface area contributed by atoms with Crippen molar-refractivity contribution in [1.29, 1.82) is 0 Å². The predicted octanol–water partition coefficient (Wildman–Crippen LogP) is 18.3. The van der Waals surface area contributed by atoms with Crippen molar-refractivity contribution in [2.75, 3.05) is 38.0 Å². The lowest BCUT2D eigenvalue weighted by Gasteiger charge is -2.25. The Hall–Kier alpha value is -9.06. The van der Waals surface area contributed by atoms with Crippen LogP contribution in [-0.4, -0.2) is 48.8 Å². The van der Waals surface area contributed by atoms with Gasteiger partial charge in [0.15, 0.2) is 11.4 Å². The molecule has 0 saturated heterocycles. The van der Waals surface area contributed by atoms with Crippen molar-refractivity contribution < 1.29 is 13.9 Å². The van der Waals surface area contributed by atoms with Gasteiger partial charge in [0.2, 0.25) is 11.4 Å². The molecule has 2 unspecified atom stereocenters. The van der Waals surface area contributed by atoms with Gasteiger partial charge in [0.05, 0.1) is 10.8 Å². The molecule has 408 valence electrons. The Bertz CT molecular complexity index is 4260. The fourth-order valence-electron chi connectivity index (χ4n) is 15.6. The van der Waals surface area contributed by atoms with E-state index >= 15 is 0 Å². The lowest BCUT2D eigenvalue weighted by Crippen LogP contribution is -2.33. The zero-order chi connectivity index (χ0) is 57.2. The van der Waals surface area contributed by atoms with Crippen molar-refractivity contribution in [1.82, 2.24) is 0 Å². The van der Waals surface area contributed by atoms with Crippen LogP contribution in [0, 0.1) is 0 Å². The summed E-state index contributed by atoms with van der Waals surface area (Å²) in [5, 5.41) is 10.3. The molecule has 0 spiro atoms. The van der Waals surface area contributed by atoms with Crippen molar-refractivity contribution in [2.24, 2.45) is 0 Å². The summed E-state index contributed by atoms with van der Waals surface area (Å²) in [4.78, 5) is 4.77. The van der Waals surface area contributed by atoms with Gasteiger partial charge in [-0.05, 0) is 153 Å². The third-order valence-corrected chi connectivity index (χ3v) is 19.5. The highest BCUT2D eigenvalue weighted by Crippen LogP contribution is 2.53. The van der Waals surface area contributed by atoms with Gasteiger partial charge in [-0.2, -0.15) is 9.15 Å². The van der Waals surface area contributed by atoms with E-state index < -0.39 is 0 Å². The van der Waals surface area contributed by atoms with E-state index in [4.69, 9.17) is 4.74 Å². The number of anilines is 2. The molecule has 4 heterocycles. The zero-order valence-electron chi connectivity index (χ0n) is 49.6. The fraction of sp³-hybridized carbons (Fsp3) is 0.205. The Balaban J connectivity index is 0.728. The summed E-state index contributed by atoms with van der Waals surface area (Å²) >= 11 is 0. The minimum absolute atomic E-state index is 0.167. The summed E-state index contributed by atoms with van der Waals surface area (Å²) in [6, 6.07) is 71.1. The number of rotatable bonds is 10. The standard InChI is InChI=1S/C78H72N4O/c1-75(2)67(79(7)63-45-37-53-21-11-15-25-59(53)71(63)75)29-19-31-69-77(5,73-61-27-17-13-23-55(61)39-47-65(73)81(69)9)49-51-33-41-57(42-34-51)83-58-43-35-52(36-44-58)50-78(6)70(82(10)66-48-40-56-24-14-18-28-62(56)74(66)78)32-20-30-68-76(3,4)72-60-26-16-12-22-54(60)38-46-64(72)80(68)8/h11-48H,49-50H2,1-10H3/q+2. The normalized spacial score (nSPS) is 20.6. The molecule has 0 saturated carbocycles. The third kappa shape index (κ3) is 8.10. The highest BCUT2D eigenvalue weighted by molar-refractivity contribution is 6.10. The third-order valence-electron chi connectivity index (χ3n) is 19.5. The van der Waals surface area contributed by atoms with Gasteiger partial charge in [-0.3, -0.25) is 0 Å². The number of hydrogen-bond acceptors (Lipinski definition) is 3. The number of allylic oxidation sites excluding steroid dienone is 8. The monoisotopic (exact) mass is 1080 g/mol. The Morgan fingerprint density at radius 3 is 1.07 bits per heavy atom. The molecule has 5 nitrogen and oxygen atoms in total. The van der Waals surface area contributed by atoms with Gasteiger partial charge >= 0.3 is 0 Å². The first kappa shape index (κ1) is 52.0. The van der Waals surface area contributed by atoms with Crippen LogP contribution in [0.5, 0.6) is 11.5 Å². The van der Waals surface area contributed by atoms with E-state index in [9.17, 15) is 0 Å². The maximum atomic E-state index is 6.66. The molecule has 14 rings (SSSR count). The molecule has 10 aromatic rings. The Labute approximate surface area is 489 Å². The quantitative estimate of drug-likeness (QED) is 0.127. The molecular formula is C78H72N4O+2. The molecule has 0 aliphatic carbocycles. The molecule has 5 heteroatoms. The Morgan fingerprint density at radius 2 is 0.711 bits per heavy atom. The molecule has 2 atom stereocenters. The second-order valence-electron chi connectivity index (χ2n) is 25.2. The maximum absolute atomic E-state index is 6.66. The summed E-state index contributed by atoms with van der Waals surface area (Å²) < 4.78 is 11.5. The van der Waals surface area contributed by atoms with Crippen molar-refractivity contribution in [3.63, 3.8) is 0 Å². The molecule has 0 bridgehead atoms. The topological polar surface area (TPSA) is 21.7 Å². The van der Waals surface area contributed by atoms with Crippen LogP contribution in [0.15, 0.2) is 242 Å². The number of benzene rings is 10. The molecular weight excluding hydrogens is 1010 g/mol. The van der Waals surface area contributed by atoms with Crippen LogP contribution in [-0.2, 0) is 34.5 Å². The number of nitrogens with zero attached hydrogens (tertiary/aromatic N) is 4. The summed E-state index contributed by atoms with van der Waals surface area (Å²) in [5.41, 5.74) is 17.3. The highest BCUT2D eigenvalue weighted by atomic mass is 16.5. The first-order chi connectivity index (χ1) is 40.1. The van der Waals surface area contributed by atoms with Crippen LogP contribution in [0.2, 0.25) is 0 Å². The van der Waals surface area contributed by atoms with Crippen LogP contribution >= 0.6 is 0 Å². The van der Waals surface area contributed by atoms with Crippen LogP contribution < -0.4 is 14.5 Å². The number of fused-ring (bicyclic) bond motifs is 12. The summed E-state index contributed by atoms with van der Waals surface area (Å²) in [7, 11) is 8.90. The lowest BCUT2D eigenvalue weighted by molar-refractivity contribution is -0.401. The summed E-state index contributed by atoms with van der Waals surface area (Å²) in [6.45, 7) is 14.3. The van der Waals surface area contributed by atoms with Gasteiger partial charge in [-0.1, -0.05) is 173 Å². The first-order valence-electron chi connectivity index (χ1n) is 29.5. The zero-order valence-corrected chi connectivity index (χ0v) is 49.6. The minimum atomic E-state index is -0.317. The van der Waals surface area contributed by atoms with E-state index in [0.29, 0.717) is 0 Å². The molecule has 0 fully saturated rings. The van der Waals surface area contributed by atoms with Crippen LogP contribution in [0.4, 0.5) is 22.7 Å². The average Bonchev–Trinajstić information content (AvgIpc) is 3.00. The largest absolute Gasteiger partial charge is 0.457 e. The van der Waals surface area contributed by atoms with E-state index in [-0.39, 0.29) is 21.7 Å². The van der Waals surface area contributed by atoms with E-state index in [0.717, 1.165) is 24.3 Å². The number of likely N-dealkylation sites (N-methyl/N-ethyl adjacent to an activating group) is 2. The van der Waals surface area contributed by atoms with Gasteiger partial charge in [0, 0.05) is 83.1 Å². The van der Waals surface area contributed by atoms with Crippen molar-refractivity contribution >= 4 is 77.3 Å². The predicted molar refractivity (Wildman–Crippen MR) is 350 cm³/mol. The van der Waals surface area contributed by atoms with E-state index in [1.54, 1.807) is 0 Å². The van der Waals surface area contributed by atoms with Gasteiger partial charge in [-0.15, -0.1) is 0 Å². The minimum Gasteiger partial charge on any atom is -0.457 e. The fourth-order valence-corrected chi connectivity index (χ4v) is 15.6. The molecule has 0 aromatic heterocycles. The van der Waals surface area contributed by atoms with E-state index in [2.05, 4.69) is 319 Å². The maximum Gasteiger partial charge on any atom is 0.210 e. The SMILES string of the molecule is CN1/C(=C/C=C/C2=[N+](C)c3ccc4ccccc4c3C2(C)Cc2ccc(Oc3ccc(CC4(C)C(/C=C/C=C5/N(C)c6ccc7ccccc7c6C5(C)C)=[N+](C)c5ccc6ccccc6c54)cc3)cc2)C(C)(C)c2c1ccc1ccccc21. The molecule has 0 radical (unpaired) electrons. The second-order valence-corrected chi connectivity index (χ2v) is 25.2. The van der Waals surface area contributed by atoms with Gasteiger partial charge in [0.1, 0.15) is 25.6 Å². The molecule has 83 heavy (non-hydrogen) atoms. The smallest absolute Gasteiger partial charge is 0.210 e. The van der Waals surface area contributed by atoms with Crippen LogP contribution in [0.1, 0.15) is 74.9 Å².